The highest BCUT2D eigenvalue weighted by Crippen LogP contribution is 2.25. The molecular weight excluding hydrogens is 474 g/mol. The minimum absolute atomic E-state index is 0.0829. The number of benzene rings is 1. The highest BCUT2D eigenvalue weighted by atomic mass is 127. The van der Waals surface area contributed by atoms with Gasteiger partial charge in [-0.25, -0.2) is 9.18 Å². The van der Waals surface area contributed by atoms with Crippen LogP contribution in [0.1, 0.15) is 44.0 Å². The number of rotatable bonds is 2. The van der Waals surface area contributed by atoms with Crippen molar-refractivity contribution in [2.45, 2.75) is 45.3 Å². The summed E-state index contributed by atoms with van der Waals surface area (Å²) in [6, 6.07) is 2.45. The summed E-state index contributed by atoms with van der Waals surface area (Å²) in [5.74, 6) is -0.743. The first kappa shape index (κ1) is 21.2. The number of likely N-dealkylation sites (tertiary alicyclic amines) is 1. The Kier molecular flexibility index (Phi) is 6.76. The molecule has 0 N–H and O–H groups in total. The van der Waals surface area contributed by atoms with Gasteiger partial charge in [0.2, 0.25) is 0 Å². The number of hydrogen-bond donors (Lipinski definition) is 0. The van der Waals surface area contributed by atoms with Crippen molar-refractivity contribution in [3.8, 4) is 0 Å². The lowest BCUT2D eigenvalue weighted by Crippen LogP contribution is -2.51. The molecule has 1 atom stereocenters. The SMILES string of the molecule is CN(C(=O)c1cc(I)c(F)cc1Cl)[C@H]1CCCN(C(=O)OC(C)(C)C)C1. The molecule has 1 aromatic rings. The highest BCUT2D eigenvalue weighted by molar-refractivity contribution is 14.1. The van der Waals surface area contributed by atoms with Crippen molar-refractivity contribution in [2.24, 2.45) is 0 Å². The molecule has 1 fully saturated rings. The number of ether oxygens (including phenoxy) is 1. The van der Waals surface area contributed by atoms with E-state index in [4.69, 9.17) is 16.3 Å². The Morgan fingerprint density at radius 1 is 1.38 bits per heavy atom. The largest absolute Gasteiger partial charge is 0.444 e. The number of likely N-dealkylation sites (N-methyl/N-ethyl adjacent to an activating group) is 1. The Labute approximate surface area is 171 Å². The minimum atomic E-state index is -0.565. The fraction of sp³-hybridized carbons (Fsp3) is 0.556. The summed E-state index contributed by atoms with van der Waals surface area (Å²) >= 11 is 7.88. The molecule has 0 unspecified atom stereocenters. The molecule has 0 saturated carbocycles. The van der Waals surface area contributed by atoms with E-state index in [9.17, 15) is 14.0 Å². The van der Waals surface area contributed by atoms with E-state index >= 15 is 0 Å². The summed E-state index contributed by atoms with van der Waals surface area (Å²) in [6.45, 7) is 6.45. The smallest absolute Gasteiger partial charge is 0.410 e. The minimum Gasteiger partial charge on any atom is -0.444 e. The molecule has 2 rings (SSSR count). The zero-order valence-electron chi connectivity index (χ0n) is 15.3. The third kappa shape index (κ3) is 5.22. The normalized spacial score (nSPS) is 17.8. The van der Waals surface area contributed by atoms with Crippen molar-refractivity contribution >= 4 is 46.2 Å². The van der Waals surface area contributed by atoms with Crippen LogP contribution in [0.25, 0.3) is 0 Å². The van der Waals surface area contributed by atoms with Gasteiger partial charge < -0.3 is 14.5 Å². The van der Waals surface area contributed by atoms with Crippen molar-refractivity contribution in [3.63, 3.8) is 0 Å². The van der Waals surface area contributed by atoms with E-state index in [0.717, 1.165) is 18.9 Å². The number of piperidine rings is 1. The average molecular weight is 497 g/mol. The highest BCUT2D eigenvalue weighted by Gasteiger charge is 2.32. The molecule has 1 aromatic carbocycles. The zero-order chi connectivity index (χ0) is 19.6. The maximum atomic E-state index is 13.6. The molecule has 1 saturated heterocycles. The van der Waals surface area contributed by atoms with Crippen LogP contribution < -0.4 is 0 Å². The van der Waals surface area contributed by atoms with Gasteiger partial charge >= 0.3 is 6.09 Å². The van der Waals surface area contributed by atoms with E-state index in [0.29, 0.717) is 16.7 Å². The molecule has 0 radical (unpaired) electrons. The Morgan fingerprint density at radius 3 is 2.65 bits per heavy atom. The summed E-state index contributed by atoms with van der Waals surface area (Å²) in [4.78, 5) is 28.3. The summed E-state index contributed by atoms with van der Waals surface area (Å²) in [5.41, 5.74) is -0.307. The number of carbonyl (C=O) groups excluding carboxylic acids is 2. The first-order chi connectivity index (χ1) is 12.0. The molecule has 1 heterocycles. The van der Waals surface area contributed by atoms with Crippen molar-refractivity contribution in [1.82, 2.24) is 9.80 Å². The van der Waals surface area contributed by atoms with E-state index in [-0.39, 0.29) is 28.6 Å². The fourth-order valence-corrected chi connectivity index (χ4v) is 3.50. The number of amides is 2. The van der Waals surface area contributed by atoms with E-state index in [2.05, 4.69) is 0 Å². The molecule has 0 bridgehead atoms. The van der Waals surface area contributed by atoms with Crippen LogP contribution in [0.2, 0.25) is 5.02 Å². The first-order valence-corrected chi connectivity index (χ1v) is 9.85. The molecule has 1 aliphatic rings. The average Bonchev–Trinajstić information content (AvgIpc) is 2.55. The van der Waals surface area contributed by atoms with Gasteiger partial charge in [0, 0.05) is 29.7 Å². The van der Waals surface area contributed by atoms with Crippen LogP contribution >= 0.6 is 34.2 Å². The van der Waals surface area contributed by atoms with Gasteiger partial charge in [0.1, 0.15) is 11.4 Å². The monoisotopic (exact) mass is 496 g/mol. The van der Waals surface area contributed by atoms with Crippen molar-refractivity contribution < 1.29 is 18.7 Å². The second-order valence-electron chi connectivity index (χ2n) is 7.38. The molecule has 26 heavy (non-hydrogen) atoms. The van der Waals surface area contributed by atoms with Gasteiger partial charge in [-0.05, 0) is 68.3 Å². The van der Waals surface area contributed by atoms with Crippen LogP contribution in [0.15, 0.2) is 12.1 Å². The topological polar surface area (TPSA) is 49.9 Å². The number of hydrogen-bond acceptors (Lipinski definition) is 3. The molecule has 1 aliphatic heterocycles. The Bertz CT molecular complexity index is 708. The molecule has 2 amide bonds. The maximum absolute atomic E-state index is 13.6. The van der Waals surface area contributed by atoms with E-state index in [1.165, 1.54) is 6.07 Å². The lowest BCUT2D eigenvalue weighted by Gasteiger charge is -2.38. The van der Waals surface area contributed by atoms with Gasteiger partial charge in [0.15, 0.2) is 0 Å². The van der Waals surface area contributed by atoms with Gasteiger partial charge in [-0.15, -0.1) is 0 Å². The van der Waals surface area contributed by atoms with E-state index in [1.807, 2.05) is 43.4 Å². The summed E-state index contributed by atoms with van der Waals surface area (Å²) in [5, 5.41) is 0.0829. The Morgan fingerprint density at radius 2 is 2.04 bits per heavy atom. The lowest BCUT2D eigenvalue weighted by atomic mass is 10.0. The number of halogens is 3. The zero-order valence-corrected chi connectivity index (χ0v) is 18.2. The van der Waals surface area contributed by atoms with Crippen LogP contribution in [-0.4, -0.2) is 53.6 Å². The third-order valence-corrected chi connectivity index (χ3v) is 5.30. The van der Waals surface area contributed by atoms with E-state index in [1.54, 1.807) is 16.8 Å². The summed E-state index contributed by atoms with van der Waals surface area (Å²) in [6.07, 6.45) is 1.17. The predicted octanol–water partition coefficient (Wildman–Crippen LogP) is 4.56. The van der Waals surface area contributed by atoms with Crippen LogP contribution in [0.4, 0.5) is 9.18 Å². The van der Waals surface area contributed by atoms with Crippen molar-refractivity contribution in [1.29, 1.82) is 0 Å². The van der Waals surface area contributed by atoms with Crippen LogP contribution in [-0.2, 0) is 4.74 Å². The summed E-state index contributed by atoms with van der Waals surface area (Å²) < 4.78 is 19.3. The number of carbonyl (C=O) groups is 2. The molecule has 144 valence electrons. The van der Waals surface area contributed by atoms with Gasteiger partial charge in [-0.1, -0.05) is 11.6 Å². The van der Waals surface area contributed by atoms with Gasteiger partial charge in [0.05, 0.1) is 10.6 Å². The second kappa shape index (κ2) is 8.29. The standard InChI is InChI=1S/C18H23ClFIN2O3/c1-18(2,3)26-17(25)23-7-5-6-11(10-23)22(4)16(24)12-8-15(21)14(20)9-13(12)19/h8-9,11H,5-7,10H2,1-4H3/t11-/m0/s1. The maximum Gasteiger partial charge on any atom is 0.410 e. The molecule has 0 aromatic heterocycles. The third-order valence-electron chi connectivity index (χ3n) is 4.16. The van der Waals surface area contributed by atoms with Gasteiger partial charge in [-0.2, -0.15) is 0 Å². The number of nitrogens with zero attached hydrogens (tertiary/aromatic N) is 2. The molecule has 8 heteroatoms. The Balaban J connectivity index is 2.11. The van der Waals surface area contributed by atoms with Crippen LogP contribution in [0.3, 0.4) is 0 Å². The Hall–Kier alpha value is -1.09. The lowest BCUT2D eigenvalue weighted by molar-refractivity contribution is 0.0123. The van der Waals surface area contributed by atoms with Crippen LogP contribution in [0, 0.1) is 9.39 Å². The van der Waals surface area contributed by atoms with E-state index < -0.39 is 11.4 Å². The molecule has 0 aliphatic carbocycles. The molecule has 5 nitrogen and oxygen atoms in total. The van der Waals surface area contributed by atoms with Gasteiger partial charge in [0.25, 0.3) is 5.91 Å². The fourth-order valence-electron chi connectivity index (χ4n) is 2.81. The van der Waals surface area contributed by atoms with Crippen LogP contribution in [0.5, 0.6) is 0 Å². The molecular formula is C18H23ClFIN2O3. The quantitative estimate of drug-likeness (QED) is 0.446. The summed E-state index contributed by atoms with van der Waals surface area (Å²) in [7, 11) is 1.68. The molecule has 0 spiro atoms. The second-order valence-corrected chi connectivity index (χ2v) is 8.95. The predicted molar refractivity (Wildman–Crippen MR) is 107 cm³/mol. The first-order valence-electron chi connectivity index (χ1n) is 8.39. The van der Waals surface area contributed by atoms with Crippen molar-refractivity contribution in [3.05, 3.63) is 32.1 Å². The van der Waals surface area contributed by atoms with Gasteiger partial charge in [-0.3, -0.25) is 4.79 Å². The van der Waals surface area contributed by atoms with Crippen molar-refractivity contribution in [2.75, 3.05) is 20.1 Å².